The van der Waals surface area contributed by atoms with E-state index in [1.165, 1.54) is 85.1 Å². The van der Waals surface area contributed by atoms with E-state index in [0.29, 0.717) is 6.61 Å². The van der Waals surface area contributed by atoms with Crippen molar-refractivity contribution < 1.29 is 4.74 Å². The minimum Gasteiger partial charge on any atom is -0.493 e. The summed E-state index contributed by atoms with van der Waals surface area (Å²) in [7, 11) is 0. The van der Waals surface area contributed by atoms with E-state index in [-0.39, 0.29) is 21.7 Å². The van der Waals surface area contributed by atoms with Crippen molar-refractivity contribution in [1.82, 2.24) is 9.13 Å². The quantitative estimate of drug-likeness (QED) is 0.142. The van der Waals surface area contributed by atoms with Crippen LogP contribution in [-0.4, -0.2) is 15.7 Å². The molecule has 0 atom stereocenters. The summed E-state index contributed by atoms with van der Waals surface area (Å²) in [5.74, 6) is 0.907. The molecule has 2 aromatic heterocycles. The molecule has 0 N–H and O–H groups in total. The maximum Gasteiger partial charge on any atom is 0.123 e. The summed E-state index contributed by atoms with van der Waals surface area (Å²) in [4.78, 5) is 0. The molecule has 0 saturated carbocycles. The van der Waals surface area contributed by atoms with E-state index in [9.17, 15) is 0 Å². The Morgan fingerprint density at radius 1 is 0.400 bits per heavy atom. The van der Waals surface area contributed by atoms with Gasteiger partial charge in [-0.1, -0.05) is 134 Å². The Bertz CT molecular complexity index is 2220. The number of rotatable bonds is 8. The second kappa shape index (κ2) is 13.9. The Hall–Kier alpha value is -4.50. The molecule has 0 bridgehead atoms. The number of unbranched alkanes of at least 4 members (excludes halogenated alkanes) is 3. The van der Waals surface area contributed by atoms with E-state index in [1.54, 1.807) is 0 Å². The van der Waals surface area contributed by atoms with Crippen LogP contribution in [0, 0.1) is 0 Å². The van der Waals surface area contributed by atoms with Gasteiger partial charge in [0.1, 0.15) is 5.75 Å². The first-order valence-corrected chi connectivity index (χ1v) is 20.7. The monoisotopic (exact) mass is 733 g/mol. The lowest BCUT2D eigenvalue weighted by atomic mass is 9.85. The standard InChI is InChI=1S/C52H64N2O/c1-14-15-16-17-26-55-40-32-38(53-45-22-18-34(49(2,3)4)27-41(45)42-28-35(50(5,6)7)19-23-46(42)53)31-39(33-40)54-47-24-20-36(51(8,9)10)29-43(47)44-30-37(52(11,12)13)21-25-48(44)54/h18-25,27-33H,14-17,26H2,1-13H3. The number of hydrogen-bond donors (Lipinski definition) is 0. The van der Waals surface area contributed by atoms with Crippen LogP contribution in [0.1, 0.15) is 138 Å². The third kappa shape index (κ3) is 7.44. The zero-order chi connectivity index (χ0) is 39.7. The fourth-order valence-electron chi connectivity index (χ4n) is 8.10. The maximum absolute atomic E-state index is 6.71. The molecule has 0 aliphatic rings. The summed E-state index contributed by atoms with van der Waals surface area (Å²) in [5.41, 5.74) is 12.6. The molecular weight excluding hydrogens is 669 g/mol. The van der Waals surface area contributed by atoms with Crippen molar-refractivity contribution in [3.63, 3.8) is 0 Å². The highest BCUT2D eigenvalue weighted by Gasteiger charge is 2.24. The smallest absolute Gasteiger partial charge is 0.123 e. The molecule has 0 aliphatic heterocycles. The van der Waals surface area contributed by atoms with Gasteiger partial charge in [0.15, 0.2) is 0 Å². The molecule has 288 valence electrons. The maximum atomic E-state index is 6.71. The van der Waals surface area contributed by atoms with Crippen LogP contribution in [0.15, 0.2) is 91.0 Å². The highest BCUT2D eigenvalue weighted by Crippen LogP contribution is 2.41. The molecule has 3 heteroatoms. The van der Waals surface area contributed by atoms with E-state index < -0.39 is 0 Å². The summed E-state index contributed by atoms with van der Waals surface area (Å²) in [6.07, 6.45) is 4.68. The number of hydrogen-bond acceptors (Lipinski definition) is 1. The fraction of sp³-hybridized carbons (Fsp3) is 0.423. The van der Waals surface area contributed by atoms with E-state index in [1.807, 2.05) is 0 Å². The van der Waals surface area contributed by atoms with Gasteiger partial charge in [-0.25, -0.2) is 0 Å². The van der Waals surface area contributed by atoms with Gasteiger partial charge in [0.2, 0.25) is 0 Å². The molecule has 0 unspecified atom stereocenters. The molecular formula is C52H64N2O. The van der Waals surface area contributed by atoms with Gasteiger partial charge in [0.05, 0.1) is 40.0 Å². The van der Waals surface area contributed by atoms with Crippen molar-refractivity contribution in [3.8, 4) is 17.1 Å². The fourth-order valence-corrected chi connectivity index (χ4v) is 8.10. The highest BCUT2D eigenvalue weighted by atomic mass is 16.5. The number of aromatic nitrogens is 2. The van der Waals surface area contributed by atoms with Crippen LogP contribution < -0.4 is 4.74 Å². The molecule has 0 radical (unpaired) electrons. The molecule has 7 aromatic rings. The van der Waals surface area contributed by atoms with E-state index >= 15 is 0 Å². The van der Waals surface area contributed by atoms with Crippen molar-refractivity contribution in [1.29, 1.82) is 0 Å². The Morgan fingerprint density at radius 3 is 1.02 bits per heavy atom. The lowest BCUT2D eigenvalue weighted by Gasteiger charge is -2.20. The van der Waals surface area contributed by atoms with Gasteiger partial charge in [-0.3, -0.25) is 0 Å². The molecule has 0 aliphatic carbocycles. The zero-order valence-electron chi connectivity index (χ0n) is 36.0. The number of ether oxygens (including phenoxy) is 1. The number of fused-ring (bicyclic) bond motifs is 6. The van der Waals surface area contributed by atoms with Gasteiger partial charge >= 0.3 is 0 Å². The first-order valence-electron chi connectivity index (χ1n) is 20.7. The number of nitrogens with zero attached hydrogens (tertiary/aromatic N) is 2. The van der Waals surface area contributed by atoms with Crippen LogP contribution in [-0.2, 0) is 21.7 Å². The summed E-state index contributed by atoms with van der Waals surface area (Å²) in [6.45, 7) is 30.7. The van der Waals surface area contributed by atoms with Crippen molar-refractivity contribution in [2.24, 2.45) is 0 Å². The van der Waals surface area contributed by atoms with Gasteiger partial charge < -0.3 is 13.9 Å². The van der Waals surface area contributed by atoms with E-state index in [0.717, 1.165) is 23.5 Å². The van der Waals surface area contributed by atoms with Crippen molar-refractivity contribution >= 4 is 43.6 Å². The summed E-state index contributed by atoms with van der Waals surface area (Å²) >= 11 is 0. The van der Waals surface area contributed by atoms with Gasteiger partial charge in [-0.05, 0) is 105 Å². The third-order valence-electron chi connectivity index (χ3n) is 11.7. The normalized spacial score (nSPS) is 13.2. The molecule has 0 fully saturated rings. The molecule has 0 amide bonds. The summed E-state index contributed by atoms with van der Waals surface area (Å²) in [5, 5.41) is 5.17. The molecule has 55 heavy (non-hydrogen) atoms. The minimum atomic E-state index is 0.0409. The lowest BCUT2D eigenvalue weighted by molar-refractivity contribution is 0.305. The molecule has 0 saturated heterocycles. The first-order chi connectivity index (χ1) is 25.8. The predicted octanol–water partition coefficient (Wildman–Crippen LogP) is 15.0. The Morgan fingerprint density at radius 2 is 0.727 bits per heavy atom. The first kappa shape index (κ1) is 38.8. The molecule has 2 heterocycles. The van der Waals surface area contributed by atoms with Crippen LogP contribution in [0.25, 0.3) is 55.0 Å². The third-order valence-corrected chi connectivity index (χ3v) is 11.7. The van der Waals surface area contributed by atoms with Crippen molar-refractivity contribution in [3.05, 3.63) is 113 Å². The zero-order valence-corrected chi connectivity index (χ0v) is 36.0. The Balaban J connectivity index is 1.53. The average Bonchev–Trinajstić information content (AvgIpc) is 3.61. The van der Waals surface area contributed by atoms with E-state index in [2.05, 4.69) is 190 Å². The molecule has 5 aromatic carbocycles. The molecule has 7 rings (SSSR count). The largest absolute Gasteiger partial charge is 0.493 e. The van der Waals surface area contributed by atoms with Crippen molar-refractivity contribution in [2.45, 2.75) is 137 Å². The molecule has 3 nitrogen and oxygen atoms in total. The Kier molecular flexibility index (Phi) is 9.80. The van der Waals surface area contributed by atoms with Gasteiger partial charge in [0.25, 0.3) is 0 Å². The molecule has 0 spiro atoms. The topological polar surface area (TPSA) is 19.1 Å². The van der Waals surface area contributed by atoms with E-state index in [4.69, 9.17) is 4.74 Å². The predicted molar refractivity (Wildman–Crippen MR) is 240 cm³/mol. The SMILES string of the molecule is CCCCCCOc1cc(-n2c3ccc(C(C)(C)C)cc3c3cc(C(C)(C)C)ccc32)cc(-n2c3ccc(C(C)(C)C)cc3c3cc(C(C)(C)C)ccc32)c1. The minimum absolute atomic E-state index is 0.0409. The lowest BCUT2D eigenvalue weighted by Crippen LogP contribution is -2.10. The van der Waals surface area contributed by atoms with Crippen LogP contribution in [0.5, 0.6) is 5.75 Å². The summed E-state index contributed by atoms with van der Waals surface area (Å²) < 4.78 is 11.7. The van der Waals surface area contributed by atoms with Gasteiger partial charge in [-0.15, -0.1) is 0 Å². The summed E-state index contributed by atoms with van der Waals surface area (Å²) in [6, 6.07) is 35.3. The average molecular weight is 733 g/mol. The second-order valence-corrected chi connectivity index (χ2v) is 20.2. The number of benzene rings is 5. The highest BCUT2D eigenvalue weighted by molar-refractivity contribution is 6.11. The van der Waals surface area contributed by atoms with Gasteiger partial charge in [0, 0.05) is 33.7 Å². The van der Waals surface area contributed by atoms with Crippen LogP contribution in [0.4, 0.5) is 0 Å². The van der Waals surface area contributed by atoms with Crippen LogP contribution in [0.2, 0.25) is 0 Å². The van der Waals surface area contributed by atoms with Crippen LogP contribution >= 0.6 is 0 Å². The Labute approximate surface area is 330 Å². The van der Waals surface area contributed by atoms with Crippen molar-refractivity contribution in [2.75, 3.05) is 6.61 Å². The van der Waals surface area contributed by atoms with Gasteiger partial charge in [-0.2, -0.15) is 0 Å². The van der Waals surface area contributed by atoms with Crippen LogP contribution in [0.3, 0.4) is 0 Å². The second-order valence-electron chi connectivity index (χ2n) is 20.2.